The Morgan fingerprint density at radius 3 is 2.71 bits per heavy atom. The smallest absolute Gasteiger partial charge is 0.257 e. The molecule has 0 bridgehead atoms. The van der Waals surface area contributed by atoms with Crippen molar-refractivity contribution in [2.75, 3.05) is 17.2 Å². The quantitative estimate of drug-likeness (QED) is 0.878. The Bertz CT molecular complexity index is 638. The van der Waals surface area contributed by atoms with Crippen LogP contribution in [0.4, 0.5) is 11.4 Å². The van der Waals surface area contributed by atoms with E-state index in [1.54, 1.807) is 18.5 Å². The molecule has 1 amide bonds. The third-order valence-corrected chi connectivity index (χ3v) is 3.25. The summed E-state index contributed by atoms with van der Waals surface area (Å²) in [5.41, 5.74) is 4.40. The summed E-state index contributed by atoms with van der Waals surface area (Å²) in [6, 6.07) is 7.62. The number of pyridine rings is 1. The number of rotatable bonds is 5. The molecule has 0 aliphatic rings. The first-order chi connectivity index (χ1) is 10.1. The van der Waals surface area contributed by atoms with E-state index in [-0.39, 0.29) is 5.91 Å². The Hall–Kier alpha value is -2.36. The number of nitrogens with zero attached hydrogens (tertiary/aromatic N) is 1. The highest BCUT2D eigenvalue weighted by Crippen LogP contribution is 2.20. The van der Waals surface area contributed by atoms with Crippen molar-refractivity contribution in [2.45, 2.75) is 27.2 Å². The molecule has 2 N–H and O–H groups in total. The van der Waals surface area contributed by atoms with Gasteiger partial charge in [-0.25, -0.2) is 0 Å². The van der Waals surface area contributed by atoms with Gasteiger partial charge in [0.15, 0.2) is 0 Å². The van der Waals surface area contributed by atoms with Crippen molar-refractivity contribution in [1.29, 1.82) is 0 Å². The molecule has 21 heavy (non-hydrogen) atoms. The maximum absolute atomic E-state index is 12.5. The molecular weight excluding hydrogens is 262 g/mol. The Labute approximate surface area is 125 Å². The fourth-order valence-electron chi connectivity index (χ4n) is 2.07. The minimum atomic E-state index is -0.108. The monoisotopic (exact) mass is 283 g/mol. The Balaban J connectivity index is 2.24. The Morgan fingerprint density at radius 1 is 1.19 bits per heavy atom. The van der Waals surface area contributed by atoms with Crippen LogP contribution in [0.5, 0.6) is 0 Å². The summed E-state index contributed by atoms with van der Waals surface area (Å²) in [6.45, 7) is 6.89. The van der Waals surface area contributed by atoms with E-state index in [4.69, 9.17) is 0 Å². The predicted octanol–water partition coefficient (Wildman–Crippen LogP) is 3.77. The van der Waals surface area contributed by atoms with Crippen molar-refractivity contribution >= 4 is 17.3 Å². The van der Waals surface area contributed by atoms with Gasteiger partial charge in [0.25, 0.3) is 5.91 Å². The topological polar surface area (TPSA) is 54.0 Å². The van der Waals surface area contributed by atoms with E-state index in [1.165, 1.54) is 0 Å². The van der Waals surface area contributed by atoms with Gasteiger partial charge in [0.1, 0.15) is 0 Å². The van der Waals surface area contributed by atoms with Gasteiger partial charge in [-0.2, -0.15) is 0 Å². The maximum atomic E-state index is 12.5. The average molecular weight is 283 g/mol. The third kappa shape index (κ3) is 3.81. The van der Waals surface area contributed by atoms with Crippen LogP contribution < -0.4 is 10.6 Å². The van der Waals surface area contributed by atoms with Gasteiger partial charge in [0, 0.05) is 30.3 Å². The lowest BCUT2D eigenvalue weighted by atomic mass is 10.1. The zero-order valence-corrected chi connectivity index (χ0v) is 12.7. The number of aryl methyl sites for hydroxylation is 2. The first kappa shape index (κ1) is 15.0. The van der Waals surface area contributed by atoms with E-state index in [0.29, 0.717) is 5.56 Å². The number of hydrogen-bond donors (Lipinski definition) is 2. The molecule has 0 aliphatic carbocycles. The molecular formula is C17H21N3O. The summed E-state index contributed by atoms with van der Waals surface area (Å²) in [4.78, 5) is 16.5. The number of benzene rings is 1. The van der Waals surface area contributed by atoms with Gasteiger partial charge in [0.05, 0.1) is 5.56 Å². The second kappa shape index (κ2) is 6.88. The molecule has 4 heteroatoms. The lowest BCUT2D eigenvalue weighted by molar-refractivity contribution is 0.102. The number of carbonyl (C=O) groups is 1. The van der Waals surface area contributed by atoms with Crippen LogP contribution >= 0.6 is 0 Å². The zero-order valence-electron chi connectivity index (χ0n) is 12.7. The third-order valence-electron chi connectivity index (χ3n) is 3.25. The van der Waals surface area contributed by atoms with Gasteiger partial charge < -0.3 is 10.6 Å². The molecule has 0 spiro atoms. The minimum Gasteiger partial charge on any atom is -0.384 e. The molecule has 1 aromatic heterocycles. The van der Waals surface area contributed by atoms with Crippen LogP contribution in [-0.4, -0.2) is 17.4 Å². The molecule has 4 nitrogen and oxygen atoms in total. The van der Waals surface area contributed by atoms with Gasteiger partial charge in [0.2, 0.25) is 0 Å². The van der Waals surface area contributed by atoms with Gasteiger partial charge in [-0.15, -0.1) is 0 Å². The van der Waals surface area contributed by atoms with Crippen LogP contribution in [-0.2, 0) is 0 Å². The fraction of sp³-hybridized carbons (Fsp3) is 0.294. The molecule has 0 unspecified atom stereocenters. The molecule has 0 radical (unpaired) electrons. The largest absolute Gasteiger partial charge is 0.384 e. The van der Waals surface area contributed by atoms with Crippen LogP contribution in [0, 0.1) is 13.8 Å². The molecule has 2 rings (SSSR count). The fourth-order valence-corrected chi connectivity index (χ4v) is 2.07. The molecule has 2 aromatic rings. The summed E-state index contributed by atoms with van der Waals surface area (Å²) in [6.07, 6.45) is 4.42. The molecule has 110 valence electrons. The molecule has 0 aliphatic heterocycles. The van der Waals surface area contributed by atoms with Crippen LogP contribution in [0.25, 0.3) is 0 Å². The first-order valence-electron chi connectivity index (χ1n) is 7.18. The zero-order chi connectivity index (χ0) is 15.2. The lowest BCUT2D eigenvalue weighted by Crippen LogP contribution is -2.16. The summed E-state index contributed by atoms with van der Waals surface area (Å²) in [5, 5.41) is 6.26. The summed E-state index contributed by atoms with van der Waals surface area (Å²) in [7, 11) is 0. The highest BCUT2D eigenvalue weighted by molar-refractivity contribution is 6.08. The van der Waals surface area contributed by atoms with Gasteiger partial charge in [-0.1, -0.05) is 13.0 Å². The number of aromatic nitrogens is 1. The summed E-state index contributed by atoms with van der Waals surface area (Å²) < 4.78 is 0. The number of anilines is 2. The van der Waals surface area contributed by atoms with Crippen molar-refractivity contribution in [3.05, 3.63) is 53.3 Å². The highest BCUT2D eigenvalue weighted by Gasteiger charge is 2.12. The SMILES string of the molecule is CCCNc1cc(C)ccc1C(=O)Nc1ccncc1C. The van der Waals surface area contributed by atoms with E-state index in [2.05, 4.69) is 22.5 Å². The summed E-state index contributed by atoms with van der Waals surface area (Å²) in [5.74, 6) is -0.108. The van der Waals surface area contributed by atoms with E-state index >= 15 is 0 Å². The normalized spacial score (nSPS) is 10.2. The molecule has 0 fully saturated rings. The minimum absolute atomic E-state index is 0.108. The molecule has 1 aromatic carbocycles. The maximum Gasteiger partial charge on any atom is 0.257 e. The standard InChI is InChI=1S/C17H21N3O/c1-4-8-19-16-10-12(2)5-6-14(16)17(21)20-15-7-9-18-11-13(15)3/h5-7,9-11,19H,4,8H2,1-3H3,(H,18,20,21). The van der Waals surface area contributed by atoms with Crippen molar-refractivity contribution < 1.29 is 4.79 Å². The van der Waals surface area contributed by atoms with Crippen LogP contribution in [0.2, 0.25) is 0 Å². The van der Waals surface area contributed by atoms with Crippen LogP contribution in [0.1, 0.15) is 34.8 Å². The Morgan fingerprint density at radius 2 is 2.00 bits per heavy atom. The Kier molecular flexibility index (Phi) is 4.93. The highest BCUT2D eigenvalue weighted by atomic mass is 16.1. The molecule has 0 saturated carbocycles. The van der Waals surface area contributed by atoms with Crippen molar-refractivity contribution in [3.63, 3.8) is 0 Å². The van der Waals surface area contributed by atoms with E-state index in [1.807, 2.05) is 32.0 Å². The summed E-state index contributed by atoms with van der Waals surface area (Å²) >= 11 is 0. The predicted molar refractivity (Wildman–Crippen MR) is 86.9 cm³/mol. The van der Waals surface area contributed by atoms with Crippen LogP contribution in [0.15, 0.2) is 36.7 Å². The number of carbonyl (C=O) groups excluding carboxylic acids is 1. The molecule has 0 saturated heterocycles. The number of hydrogen-bond acceptors (Lipinski definition) is 3. The molecule has 0 atom stereocenters. The van der Waals surface area contributed by atoms with Crippen molar-refractivity contribution in [3.8, 4) is 0 Å². The van der Waals surface area contributed by atoms with E-state index in [0.717, 1.165) is 35.5 Å². The van der Waals surface area contributed by atoms with Gasteiger partial charge in [-0.3, -0.25) is 9.78 Å². The lowest BCUT2D eigenvalue weighted by Gasteiger charge is -2.13. The first-order valence-corrected chi connectivity index (χ1v) is 7.18. The number of nitrogens with one attached hydrogen (secondary N) is 2. The average Bonchev–Trinajstić information content (AvgIpc) is 2.47. The van der Waals surface area contributed by atoms with E-state index in [9.17, 15) is 4.79 Å². The second-order valence-electron chi connectivity index (χ2n) is 5.12. The van der Waals surface area contributed by atoms with Crippen molar-refractivity contribution in [1.82, 2.24) is 4.98 Å². The number of amides is 1. The van der Waals surface area contributed by atoms with Gasteiger partial charge in [-0.05, 0) is 49.6 Å². The van der Waals surface area contributed by atoms with Gasteiger partial charge >= 0.3 is 0 Å². The molecule has 1 heterocycles. The van der Waals surface area contributed by atoms with E-state index < -0.39 is 0 Å². The van der Waals surface area contributed by atoms with Crippen LogP contribution in [0.3, 0.4) is 0 Å². The van der Waals surface area contributed by atoms with Crippen molar-refractivity contribution in [2.24, 2.45) is 0 Å². The second-order valence-corrected chi connectivity index (χ2v) is 5.12.